The Morgan fingerprint density at radius 3 is 2.38 bits per heavy atom. The summed E-state index contributed by atoms with van der Waals surface area (Å²) in [4.78, 5) is 2.51. The number of aliphatic hydroxyl groups excluding tert-OH is 1. The average molecular weight is 225 g/mol. The molecule has 94 valence electrons. The summed E-state index contributed by atoms with van der Waals surface area (Å²) in [7, 11) is 2.24. The number of aliphatic hydroxyl groups is 1. The topological polar surface area (TPSA) is 23.5 Å². The Kier molecular flexibility index (Phi) is 3.09. The summed E-state index contributed by atoms with van der Waals surface area (Å²) < 4.78 is 0. The van der Waals surface area contributed by atoms with E-state index in [2.05, 4.69) is 32.7 Å². The molecule has 0 aromatic heterocycles. The van der Waals surface area contributed by atoms with Gasteiger partial charge in [0.1, 0.15) is 0 Å². The molecule has 2 nitrogen and oxygen atoms in total. The highest BCUT2D eigenvalue weighted by molar-refractivity contribution is 4.96. The van der Waals surface area contributed by atoms with Crippen LogP contribution in [0.15, 0.2) is 0 Å². The summed E-state index contributed by atoms with van der Waals surface area (Å²) in [6, 6.07) is 0.550. The molecule has 2 heteroatoms. The van der Waals surface area contributed by atoms with Gasteiger partial charge in [-0.25, -0.2) is 0 Å². The Morgan fingerprint density at radius 1 is 1.19 bits per heavy atom. The van der Waals surface area contributed by atoms with E-state index in [9.17, 15) is 5.11 Å². The van der Waals surface area contributed by atoms with Crippen LogP contribution in [-0.4, -0.2) is 35.7 Å². The van der Waals surface area contributed by atoms with Crippen molar-refractivity contribution in [2.45, 2.75) is 65.0 Å². The Hall–Kier alpha value is -0.0800. The number of hydrogen-bond donors (Lipinski definition) is 1. The summed E-state index contributed by atoms with van der Waals surface area (Å²) in [6.45, 7) is 8.30. The predicted octanol–water partition coefficient (Wildman–Crippen LogP) is 2.66. The van der Waals surface area contributed by atoms with Crippen molar-refractivity contribution in [3.05, 3.63) is 0 Å². The van der Waals surface area contributed by atoms with Crippen molar-refractivity contribution in [2.75, 3.05) is 13.6 Å². The third-order valence-electron chi connectivity index (χ3n) is 4.79. The van der Waals surface area contributed by atoms with E-state index in [0.29, 0.717) is 16.9 Å². The fourth-order valence-corrected chi connectivity index (χ4v) is 3.26. The van der Waals surface area contributed by atoms with E-state index in [1.807, 2.05) is 0 Å². The van der Waals surface area contributed by atoms with Crippen molar-refractivity contribution >= 4 is 0 Å². The van der Waals surface area contributed by atoms with Crippen molar-refractivity contribution < 1.29 is 5.11 Å². The monoisotopic (exact) mass is 225 g/mol. The number of nitrogens with zero attached hydrogens (tertiary/aromatic N) is 1. The summed E-state index contributed by atoms with van der Waals surface area (Å²) in [5, 5.41) is 9.85. The van der Waals surface area contributed by atoms with Gasteiger partial charge in [0, 0.05) is 12.6 Å². The van der Waals surface area contributed by atoms with E-state index < -0.39 is 0 Å². The highest BCUT2D eigenvalue weighted by atomic mass is 16.3. The zero-order valence-corrected chi connectivity index (χ0v) is 11.3. The van der Waals surface area contributed by atoms with Crippen LogP contribution in [0.25, 0.3) is 0 Å². The van der Waals surface area contributed by atoms with Crippen LogP contribution in [0.1, 0.15) is 52.9 Å². The van der Waals surface area contributed by atoms with Gasteiger partial charge in [-0.3, -0.25) is 0 Å². The summed E-state index contributed by atoms with van der Waals surface area (Å²) >= 11 is 0. The standard InChI is InChI=1S/C14H27NO/c1-13(2)6-5-11(16)9-12(13)15(4)10-14(3)7-8-14/h11-12,16H,5-10H2,1-4H3. The summed E-state index contributed by atoms with van der Waals surface area (Å²) in [6.07, 6.45) is 5.78. The van der Waals surface area contributed by atoms with Gasteiger partial charge in [0.2, 0.25) is 0 Å². The van der Waals surface area contributed by atoms with Gasteiger partial charge in [0.05, 0.1) is 6.10 Å². The van der Waals surface area contributed by atoms with Crippen LogP contribution in [-0.2, 0) is 0 Å². The first-order valence-corrected chi connectivity index (χ1v) is 6.71. The maximum Gasteiger partial charge on any atom is 0.0555 e. The molecule has 2 fully saturated rings. The number of rotatable bonds is 3. The molecule has 2 unspecified atom stereocenters. The van der Waals surface area contributed by atoms with Gasteiger partial charge in [-0.15, -0.1) is 0 Å². The Bertz CT molecular complexity index is 257. The van der Waals surface area contributed by atoms with Crippen molar-refractivity contribution in [2.24, 2.45) is 10.8 Å². The van der Waals surface area contributed by atoms with Crippen LogP contribution in [0, 0.1) is 10.8 Å². The molecule has 1 N–H and O–H groups in total. The molecular formula is C14H27NO. The molecule has 0 bridgehead atoms. The van der Waals surface area contributed by atoms with Crippen LogP contribution in [0.5, 0.6) is 0 Å². The van der Waals surface area contributed by atoms with Crippen LogP contribution >= 0.6 is 0 Å². The van der Waals surface area contributed by atoms with Gasteiger partial charge in [-0.2, -0.15) is 0 Å². The molecule has 0 saturated heterocycles. The SMILES string of the molecule is CN(CC1(C)CC1)C1CC(O)CCC1(C)C. The van der Waals surface area contributed by atoms with Crippen molar-refractivity contribution in [1.29, 1.82) is 0 Å². The maximum atomic E-state index is 9.85. The lowest BCUT2D eigenvalue weighted by molar-refractivity contribution is -0.00694. The molecule has 2 atom stereocenters. The zero-order valence-electron chi connectivity index (χ0n) is 11.3. The molecule has 0 aromatic rings. The van der Waals surface area contributed by atoms with Gasteiger partial charge >= 0.3 is 0 Å². The van der Waals surface area contributed by atoms with Crippen molar-refractivity contribution in [3.63, 3.8) is 0 Å². The van der Waals surface area contributed by atoms with E-state index in [4.69, 9.17) is 0 Å². The second-order valence-electron chi connectivity index (χ2n) is 7.16. The Morgan fingerprint density at radius 2 is 1.81 bits per heavy atom. The van der Waals surface area contributed by atoms with Gasteiger partial charge in [0.15, 0.2) is 0 Å². The molecule has 2 rings (SSSR count). The maximum absolute atomic E-state index is 9.85. The first-order chi connectivity index (χ1) is 7.32. The smallest absolute Gasteiger partial charge is 0.0555 e. The normalized spacial score (nSPS) is 36.4. The fraction of sp³-hybridized carbons (Fsp3) is 1.00. The first kappa shape index (κ1) is 12.4. The van der Waals surface area contributed by atoms with E-state index in [0.717, 1.165) is 19.3 Å². The lowest BCUT2D eigenvalue weighted by Crippen LogP contribution is -2.49. The van der Waals surface area contributed by atoms with Crippen molar-refractivity contribution in [3.8, 4) is 0 Å². The van der Waals surface area contributed by atoms with Gasteiger partial charge in [-0.1, -0.05) is 20.8 Å². The molecule has 2 aliphatic rings. The molecule has 0 amide bonds. The van der Waals surface area contributed by atoms with Crippen molar-refractivity contribution in [1.82, 2.24) is 4.90 Å². The Labute approximate surface area is 100 Å². The molecule has 0 aromatic carbocycles. The molecule has 0 heterocycles. The lowest BCUT2D eigenvalue weighted by atomic mass is 9.71. The highest BCUT2D eigenvalue weighted by Crippen LogP contribution is 2.47. The van der Waals surface area contributed by atoms with Crippen LogP contribution < -0.4 is 0 Å². The third-order valence-corrected chi connectivity index (χ3v) is 4.79. The minimum atomic E-state index is -0.0764. The van der Waals surface area contributed by atoms with Crippen LogP contribution in [0.2, 0.25) is 0 Å². The predicted molar refractivity (Wildman–Crippen MR) is 67.4 cm³/mol. The van der Waals surface area contributed by atoms with Gasteiger partial charge < -0.3 is 10.0 Å². The minimum absolute atomic E-state index is 0.0764. The van der Waals surface area contributed by atoms with Crippen LogP contribution in [0.4, 0.5) is 0 Å². The molecule has 0 spiro atoms. The molecule has 0 radical (unpaired) electrons. The van der Waals surface area contributed by atoms with Gasteiger partial charge in [0.25, 0.3) is 0 Å². The average Bonchev–Trinajstić information content (AvgIpc) is 2.87. The highest BCUT2D eigenvalue weighted by Gasteiger charge is 2.43. The lowest BCUT2D eigenvalue weighted by Gasteiger charge is -2.46. The van der Waals surface area contributed by atoms with Crippen LogP contribution in [0.3, 0.4) is 0 Å². The van der Waals surface area contributed by atoms with E-state index in [1.54, 1.807) is 0 Å². The molecule has 0 aliphatic heterocycles. The Balaban J connectivity index is 1.99. The summed E-state index contributed by atoms with van der Waals surface area (Å²) in [5.41, 5.74) is 0.937. The van der Waals surface area contributed by atoms with Gasteiger partial charge in [-0.05, 0) is 50.0 Å². The first-order valence-electron chi connectivity index (χ1n) is 6.71. The fourth-order valence-electron chi connectivity index (χ4n) is 3.26. The summed E-state index contributed by atoms with van der Waals surface area (Å²) in [5.74, 6) is 0. The van der Waals surface area contributed by atoms with E-state index in [1.165, 1.54) is 19.4 Å². The quantitative estimate of drug-likeness (QED) is 0.798. The minimum Gasteiger partial charge on any atom is -0.393 e. The number of hydrogen-bond acceptors (Lipinski definition) is 2. The second kappa shape index (κ2) is 3.99. The molecule has 2 aliphatic carbocycles. The zero-order chi connectivity index (χ0) is 12.0. The van der Waals surface area contributed by atoms with E-state index >= 15 is 0 Å². The second-order valence-corrected chi connectivity index (χ2v) is 7.16. The third kappa shape index (κ3) is 2.60. The largest absolute Gasteiger partial charge is 0.393 e. The van der Waals surface area contributed by atoms with E-state index in [-0.39, 0.29) is 6.10 Å². The molecule has 2 saturated carbocycles. The molecule has 16 heavy (non-hydrogen) atoms. The molecular weight excluding hydrogens is 198 g/mol.